The molecule has 0 atom stereocenters. The van der Waals surface area contributed by atoms with Crippen molar-refractivity contribution in [1.29, 1.82) is 0 Å². The van der Waals surface area contributed by atoms with Gasteiger partial charge in [0.1, 0.15) is 11.0 Å². The van der Waals surface area contributed by atoms with Gasteiger partial charge >= 0.3 is 6.09 Å². The van der Waals surface area contributed by atoms with E-state index < -0.39 is 11.0 Å². The Morgan fingerprint density at radius 2 is 1.81 bits per heavy atom. The lowest BCUT2D eigenvalue weighted by atomic mass is 9.75. The Hall–Kier alpha value is -2.93. The molecule has 0 N–H and O–H groups in total. The molecule has 0 unspecified atom stereocenters. The number of hydrogen-bond acceptors (Lipinski definition) is 4. The minimum Gasteiger partial charge on any atom is -0.444 e. The summed E-state index contributed by atoms with van der Waals surface area (Å²) >= 11 is 3.70. The number of likely N-dealkylation sites (tertiary alicyclic amines) is 1. The minimum atomic E-state index is -0.725. The van der Waals surface area contributed by atoms with E-state index in [0.717, 1.165) is 32.2 Å². The number of amides is 2. The van der Waals surface area contributed by atoms with E-state index in [1.165, 1.54) is 0 Å². The molecule has 2 aromatic carbocycles. The predicted molar refractivity (Wildman–Crippen MR) is 127 cm³/mol. The highest BCUT2D eigenvalue weighted by molar-refractivity contribution is 9.10. The summed E-state index contributed by atoms with van der Waals surface area (Å²) < 4.78 is 6.39. The van der Waals surface area contributed by atoms with Crippen molar-refractivity contribution >= 4 is 44.4 Å². The van der Waals surface area contributed by atoms with E-state index in [9.17, 15) is 9.59 Å². The number of hydrogen-bond donors (Lipinski definition) is 0. The van der Waals surface area contributed by atoms with E-state index in [1.54, 1.807) is 9.80 Å². The molecular formula is C25H24BrN3O3. The van der Waals surface area contributed by atoms with E-state index in [-0.39, 0.29) is 12.0 Å². The van der Waals surface area contributed by atoms with Gasteiger partial charge in [-0.25, -0.2) is 4.79 Å². The predicted octanol–water partition coefficient (Wildman–Crippen LogP) is 5.03. The first-order chi connectivity index (χ1) is 15.2. The van der Waals surface area contributed by atoms with Crippen LogP contribution in [0.5, 0.6) is 0 Å². The molecule has 1 spiro atoms. The highest BCUT2D eigenvalue weighted by Gasteiger charge is 2.59. The first-order valence-corrected chi connectivity index (χ1v) is 11.4. The molecule has 5 rings (SSSR count). The van der Waals surface area contributed by atoms with Gasteiger partial charge in [0.25, 0.3) is 0 Å². The molecule has 2 amide bonds. The molecule has 164 valence electrons. The van der Waals surface area contributed by atoms with Crippen LogP contribution in [0.15, 0.2) is 59.2 Å². The first kappa shape index (κ1) is 20.9. The average molecular weight is 494 g/mol. The third-order valence-corrected chi connectivity index (χ3v) is 6.94. The second-order valence-corrected chi connectivity index (χ2v) is 10.2. The van der Waals surface area contributed by atoms with E-state index >= 15 is 0 Å². The van der Waals surface area contributed by atoms with Gasteiger partial charge < -0.3 is 14.5 Å². The monoisotopic (exact) mass is 493 g/mol. The molecule has 1 saturated heterocycles. The van der Waals surface area contributed by atoms with Crippen molar-refractivity contribution in [1.82, 2.24) is 9.88 Å². The molecular weight excluding hydrogens is 470 g/mol. The van der Waals surface area contributed by atoms with Crippen LogP contribution in [0.1, 0.15) is 32.0 Å². The Kier molecular flexibility index (Phi) is 4.78. The lowest BCUT2D eigenvalue weighted by molar-refractivity contribution is -0.129. The van der Waals surface area contributed by atoms with Crippen LogP contribution in [0, 0.1) is 0 Å². The summed E-state index contributed by atoms with van der Waals surface area (Å²) in [6, 6.07) is 15.9. The van der Waals surface area contributed by atoms with Crippen molar-refractivity contribution < 1.29 is 14.3 Å². The smallest absolute Gasteiger partial charge is 0.410 e. The normalized spacial score (nSPS) is 16.9. The number of fused-ring (bicyclic) bond motifs is 3. The summed E-state index contributed by atoms with van der Waals surface area (Å²) in [7, 11) is 0. The van der Waals surface area contributed by atoms with Gasteiger partial charge in [-0.2, -0.15) is 0 Å². The van der Waals surface area contributed by atoms with Crippen LogP contribution in [-0.4, -0.2) is 40.6 Å². The van der Waals surface area contributed by atoms with Crippen molar-refractivity contribution in [2.24, 2.45) is 0 Å². The molecule has 7 heteroatoms. The molecule has 6 nitrogen and oxygen atoms in total. The van der Waals surface area contributed by atoms with Crippen LogP contribution in [0.4, 0.5) is 10.5 Å². The van der Waals surface area contributed by atoms with Gasteiger partial charge in [0.2, 0.25) is 5.91 Å². The van der Waals surface area contributed by atoms with Crippen LogP contribution >= 0.6 is 15.9 Å². The second kappa shape index (κ2) is 7.30. The fourth-order valence-electron chi connectivity index (χ4n) is 4.55. The van der Waals surface area contributed by atoms with Crippen LogP contribution in [0.3, 0.4) is 0 Å². The number of para-hydroxylation sites is 1. The topological polar surface area (TPSA) is 62.7 Å². The third-order valence-electron chi connectivity index (χ3n) is 6.06. The minimum absolute atomic E-state index is 0.000340. The van der Waals surface area contributed by atoms with Gasteiger partial charge in [0.05, 0.1) is 12.2 Å². The van der Waals surface area contributed by atoms with Gasteiger partial charge in [-0.3, -0.25) is 9.78 Å². The van der Waals surface area contributed by atoms with Crippen molar-refractivity contribution in [3.05, 3.63) is 70.5 Å². The molecule has 0 radical (unpaired) electrons. The maximum absolute atomic E-state index is 13.7. The fraction of sp³-hybridized carbons (Fsp3) is 0.320. The van der Waals surface area contributed by atoms with Gasteiger partial charge in [-0.15, -0.1) is 0 Å². The summed E-state index contributed by atoms with van der Waals surface area (Å²) in [5.41, 5.74) is 1.34. The number of anilines is 1. The lowest BCUT2D eigenvalue weighted by Crippen LogP contribution is -2.65. The molecule has 32 heavy (non-hydrogen) atoms. The maximum atomic E-state index is 13.7. The van der Waals surface area contributed by atoms with Gasteiger partial charge in [-0.05, 0) is 53.7 Å². The molecule has 3 heterocycles. The standard InChI is InChI=1S/C25H24BrN3O3/c1-24(2,3)32-23(31)28-14-25(15-28)18-10-6-7-11-20(18)29(22(25)30)13-19-21(26)17-9-5-4-8-16(17)12-27-19/h4-12H,13-15H2,1-3H3. The zero-order valence-corrected chi connectivity index (χ0v) is 19.8. The van der Waals surface area contributed by atoms with Gasteiger partial charge in [0, 0.05) is 34.8 Å². The summed E-state index contributed by atoms with van der Waals surface area (Å²) in [6.07, 6.45) is 1.46. The summed E-state index contributed by atoms with van der Waals surface area (Å²) in [6.45, 7) is 6.52. The average Bonchev–Trinajstić information content (AvgIpc) is 2.96. The number of carbonyl (C=O) groups excluding carboxylic acids is 2. The van der Waals surface area contributed by atoms with Crippen LogP contribution in [0.25, 0.3) is 10.8 Å². The van der Waals surface area contributed by atoms with E-state index in [0.29, 0.717) is 19.6 Å². The molecule has 0 saturated carbocycles. The number of aromatic nitrogens is 1. The zero-order valence-electron chi connectivity index (χ0n) is 18.3. The molecule has 0 aliphatic carbocycles. The number of benzene rings is 2. The van der Waals surface area contributed by atoms with Crippen molar-refractivity contribution in [3.63, 3.8) is 0 Å². The van der Waals surface area contributed by atoms with Crippen LogP contribution in [0.2, 0.25) is 0 Å². The molecule has 3 aromatic rings. The largest absolute Gasteiger partial charge is 0.444 e. The molecule has 2 aliphatic heterocycles. The highest BCUT2D eigenvalue weighted by Crippen LogP contribution is 2.48. The number of halogens is 1. The highest BCUT2D eigenvalue weighted by atomic mass is 79.9. The molecule has 2 aliphatic rings. The fourth-order valence-corrected chi connectivity index (χ4v) is 5.14. The second-order valence-electron chi connectivity index (χ2n) is 9.43. The Morgan fingerprint density at radius 1 is 1.12 bits per heavy atom. The molecule has 1 fully saturated rings. The lowest BCUT2D eigenvalue weighted by Gasteiger charge is -2.46. The van der Waals surface area contributed by atoms with Crippen molar-refractivity contribution in [3.8, 4) is 0 Å². The summed E-state index contributed by atoms with van der Waals surface area (Å²) in [4.78, 5) is 34.2. The van der Waals surface area contributed by atoms with Crippen LogP contribution < -0.4 is 4.90 Å². The Labute approximate surface area is 195 Å². The maximum Gasteiger partial charge on any atom is 0.410 e. The first-order valence-electron chi connectivity index (χ1n) is 10.6. The number of nitrogens with zero attached hydrogens (tertiary/aromatic N) is 3. The number of ether oxygens (including phenoxy) is 1. The number of rotatable bonds is 2. The number of carbonyl (C=O) groups is 2. The van der Waals surface area contributed by atoms with Crippen molar-refractivity contribution in [2.45, 2.75) is 38.3 Å². The summed E-state index contributed by atoms with van der Waals surface area (Å²) in [5, 5.41) is 2.10. The zero-order chi connectivity index (χ0) is 22.7. The summed E-state index contributed by atoms with van der Waals surface area (Å²) in [5.74, 6) is 0.000340. The SMILES string of the molecule is CC(C)(C)OC(=O)N1CC2(C1)C(=O)N(Cc1ncc3ccccc3c1Br)c1ccccc12. The Bertz CT molecular complexity index is 1240. The van der Waals surface area contributed by atoms with E-state index in [4.69, 9.17) is 4.74 Å². The van der Waals surface area contributed by atoms with E-state index in [1.807, 2.05) is 75.5 Å². The van der Waals surface area contributed by atoms with Gasteiger partial charge in [0.15, 0.2) is 0 Å². The van der Waals surface area contributed by atoms with E-state index in [2.05, 4.69) is 20.9 Å². The quantitative estimate of drug-likeness (QED) is 0.501. The Balaban J connectivity index is 1.45. The van der Waals surface area contributed by atoms with Gasteiger partial charge in [-0.1, -0.05) is 42.5 Å². The van der Waals surface area contributed by atoms with Crippen molar-refractivity contribution in [2.75, 3.05) is 18.0 Å². The third kappa shape index (κ3) is 3.26. The Morgan fingerprint density at radius 3 is 2.56 bits per heavy atom. The van der Waals surface area contributed by atoms with Crippen LogP contribution in [-0.2, 0) is 21.5 Å². The molecule has 1 aromatic heterocycles. The number of pyridine rings is 1. The molecule has 0 bridgehead atoms.